The highest BCUT2D eigenvalue weighted by Crippen LogP contribution is 2.19. The van der Waals surface area contributed by atoms with Crippen molar-refractivity contribution >= 4 is 5.96 Å². The molecule has 0 radical (unpaired) electrons. The lowest BCUT2D eigenvalue weighted by molar-refractivity contribution is 0.231. The number of hydroxylamine groups is 1. The molecule has 64 valence electrons. The average molecular weight is 157 g/mol. The molecule has 4 N–H and O–H groups in total. The van der Waals surface area contributed by atoms with Crippen LogP contribution in [0, 0.1) is 0 Å². The molecule has 0 saturated heterocycles. The number of nitrogens with one attached hydrogen (secondary N) is 1. The second-order valence-electron chi connectivity index (χ2n) is 2.92. The molecule has 0 aromatic carbocycles. The van der Waals surface area contributed by atoms with Gasteiger partial charge in [0.05, 0.1) is 6.04 Å². The van der Waals surface area contributed by atoms with Crippen LogP contribution in [0.5, 0.6) is 0 Å². The van der Waals surface area contributed by atoms with Crippen LogP contribution in [0.25, 0.3) is 0 Å². The molecule has 0 aromatic rings. The highest BCUT2D eigenvalue weighted by Gasteiger charge is 2.11. The number of nitrogens with zero attached hydrogens (tertiary/aromatic N) is 1. The van der Waals surface area contributed by atoms with Crippen molar-refractivity contribution in [3.63, 3.8) is 0 Å². The molecular weight excluding hydrogens is 142 g/mol. The van der Waals surface area contributed by atoms with Gasteiger partial charge < -0.3 is 5.73 Å². The first kappa shape index (κ1) is 8.33. The van der Waals surface area contributed by atoms with Gasteiger partial charge in [-0.2, -0.15) is 0 Å². The third kappa shape index (κ3) is 2.76. The van der Waals surface area contributed by atoms with Crippen molar-refractivity contribution in [2.75, 3.05) is 0 Å². The van der Waals surface area contributed by atoms with Gasteiger partial charge in [0.15, 0.2) is 0 Å². The molecule has 0 bridgehead atoms. The Kier molecular flexibility index (Phi) is 3.16. The number of hydrogen-bond donors (Lipinski definition) is 3. The fourth-order valence-electron chi connectivity index (χ4n) is 1.44. The van der Waals surface area contributed by atoms with Crippen LogP contribution in [0.15, 0.2) is 4.99 Å². The van der Waals surface area contributed by atoms with Crippen molar-refractivity contribution in [3.05, 3.63) is 0 Å². The predicted octanol–water partition coefficient (Wildman–Crippen LogP) is 0.613. The molecule has 0 unspecified atom stereocenters. The molecule has 1 saturated carbocycles. The zero-order chi connectivity index (χ0) is 8.10. The van der Waals surface area contributed by atoms with Gasteiger partial charge in [-0.3, -0.25) is 5.21 Å². The number of nitrogens with two attached hydrogens (primary N) is 1. The average Bonchev–Trinajstić information content (AvgIpc) is 2.06. The van der Waals surface area contributed by atoms with Crippen molar-refractivity contribution in [2.24, 2.45) is 10.7 Å². The summed E-state index contributed by atoms with van der Waals surface area (Å²) in [5.74, 6) is 0.136. The summed E-state index contributed by atoms with van der Waals surface area (Å²) in [4.78, 5) is 4.09. The zero-order valence-electron chi connectivity index (χ0n) is 6.58. The van der Waals surface area contributed by atoms with Crippen LogP contribution < -0.4 is 11.2 Å². The van der Waals surface area contributed by atoms with Gasteiger partial charge in [-0.05, 0) is 12.8 Å². The molecule has 1 rings (SSSR count). The monoisotopic (exact) mass is 157 g/mol. The third-order valence-corrected chi connectivity index (χ3v) is 2.01. The molecule has 1 aliphatic rings. The summed E-state index contributed by atoms with van der Waals surface area (Å²) >= 11 is 0. The van der Waals surface area contributed by atoms with E-state index in [-0.39, 0.29) is 5.96 Å². The van der Waals surface area contributed by atoms with Crippen LogP contribution in [0.2, 0.25) is 0 Å². The summed E-state index contributed by atoms with van der Waals surface area (Å²) < 4.78 is 0. The van der Waals surface area contributed by atoms with Crippen LogP contribution in [-0.4, -0.2) is 17.2 Å². The molecule has 0 aromatic heterocycles. The second-order valence-corrected chi connectivity index (χ2v) is 2.92. The molecule has 4 nitrogen and oxygen atoms in total. The van der Waals surface area contributed by atoms with Gasteiger partial charge in [-0.25, -0.2) is 10.5 Å². The second kappa shape index (κ2) is 4.18. The quantitative estimate of drug-likeness (QED) is 0.297. The Labute approximate surface area is 66.5 Å². The standard InChI is InChI=1S/C7H15N3O/c8-7(10-11)9-6-4-2-1-3-5-6/h6,11H,1-5H2,(H3,8,9,10). The van der Waals surface area contributed by atoms with Crippen LogP contribution in [0.3, 0.4) is 0 Å². The molecule has 0 heterocycles. The van der Waals surface area contributed by atoms with E-state index in [0.717, 1.165) is 12.8 Å². The Morgan fingerprint density at radius 2 is 2.00 bits per heavy atom. The lowest BCUT2D eigenvalue weighted by atomic mass is 9.96. The molecule has 0 aliphatic heterocycles. The molecule has 1 aliphatic carbocycles. The molecule has 0 amide bonds. The summed E-state index contributed by atoms with van der Waals surface area (Å²) in [7, 11) is 0. The van der Waals surface area contributed by atoms with Crippen LogP contribution in [0.4, 0.5) is 0 Å². The van der Waals surface area contributed by atoms with Crippen LogP contribution >= 0.6 is 0 Å². The lowest BCUT2D eigenvalue weighted by Crippen LogP contribution is -2.30. The van der Waals surface area contributed by atoms with Crippen molar-refractivity contribution < 1.29 is 5.21 Å². The van der Waals surface area contributed by atoms with Gasteiger partial charge >= 0.3 is 0 Å². The largest absolute Gasteiger partial charge is 0.368 e. The van der Waals surface area contributed by atoms with Crippen molar-refractivity contribution in [3.8, 4) is 0 Å². The lowest BCUT2D eigenvalue weighted by Gasteiger charge is -2.17. The highest BCUT2D eigenvalue weighted by atomic mass is 16.5. The van der Waals surface area contributed by atoms with Gasteiger partial charge in [0.1, 0.15) is 0 Å². The maximum absolute atomic E-state index is 8.36. The van der Waals surface area contributed by atoms with E-state index in [1.165, 1.54) is 19.3 Å². The summed E-state index contributed by atoms with van der Waals surface area (Å²) in [6.07, 6.45) is 5.96. The van der Waals surface area contributed by atoms with E-state index >= 15 is 0 Å². The van der Waals surface area contributed by atoms with Crippen molar-refractivity contribution in [2.45, 2.75) is 38.1 Å². The Bertz CT molecular complexity index is 141. The van der Waals surface area contributed by atoms with E-state index in [1.54, 1.807) is 0 Å². The van der Waals surface area contributed by atoms with Crippen LogP contribution in [0.1, 0.15) is 32.1 Å². The van der Waals surface area contributed by atoms with Gasteiger partial charge in [0.2, 0.25) is 5.96 Å². The van der Waals surface area contributed by atoms with Crippen LogP contribution in [-0.2, 0) is 0 Å². The van der Waals surface area contributed by atoms with E-state index in [0.29, 0.717) is 6.04 Å². The first-order chi connectivity index (χ1) is 5.33. The summed E-state index contributed by atoms with van der Waals surface area (Å²) in [5.41, 5.74) is 7.13. The van der Waals surface area contributed by atoms with Crippen molar-refractivity contribution in [1.29, 1.82) is 0 Å². The minimum atomic E-state index is 0.136. The van der Waals surface area contributed by atoms with Crippen molar-refractivity contribution in [1.82, 2.24) is 5.48 Å². The maximum Gasteiger partial charge on any atom is 0.213 e. The van der Waals surface area contributed by atoms with E-state index in [2.05, 4.69) is 4.99 Å². The Balaban J connectivity index is 2.34. The Hall–Kier alpha value is -0.770. The minimum absolute atomic E-state index is 0.136. The van der Waals surface area contributed by atoms with Gasteiger partial charge in [0, 0.05) is 0 Å². The number of hydrogen-bond acceptors (Lipinski definition) is 2. The summed E-state index contributed by atoms with van der Waals surface area (Å²) in [6, 6.07) is 0.323. The number of guanidine groups is 1. The van der Waals surface area contributed by atoms with E-state index < -0.39 is 0 Å². The zero-order valence-corrected chi connectivity index (χ0v) is 6.58. The Morgan fingerprint density at radius 1 is 1.36 bits per heavy atom. The third-order valence-electron chi connectivity index (χ3n) is 2.01. The van der Waals surface area contributed by atoms with E-state index in [4.69, 9.17) is 10.9 Å². The summed E-state index contributed by atoms with van der Waals surface area (Å²) in [5, 5.41) is 8.36. The van der Waals surface area contributed by atoms with Gasteiger partial charge in [-0.1, -0.05) is 19.3 Å². The molecule has 4 heteroatoms. The molecule has 0 atom stereocenters. The first-order valence-electron chi connectivity index (χ1n) is 4.06. The molecule has 1 fully saturated rings. The number of aliphatic imine (C=N–C) groups is 1. The summed E-state index contributed by atoms with van der Waals surface area (Å²) in [6.45, 7) is 0. The molecule has 0 spiro atoms. The normalized spacial score (nSPS) is 21.7. The molecular formula is C7H15N3O. The maximum atomic E-state index is 8.36. The Morgan fingerprint density at radius 3 is 2.55 bits per heavy atom. The highest BCUT2D eigenvalue weighted by molar-refractivity contribution is 5.76. The first-order valence-corrected chi connectivity index (χ1v) is 4.06. The fraction of sp³-hybridized carbons (Fsp3) is 0.857. The SMILES string of the molecule is NC(=NC1CCCCC1)NO. The smallest absolute Gasteiger partial charge is 0.213 e. The predicted molar refractivity (Wildman–Crippen MR) is 43.4 cm³/mol. The van der Waals surface area contributed by atoms with E-state index in [9.17, 15) is 0 Å². The topological polar surface area (TPSA) is 70.6 Å². The molecule has 11 heavy (non-hydrogen) atoms. The number of rotatable bonds is 1. The van der Waals surface area contributed by atoms with Gasteiger partial charge in [0.25, 0.3) is 0 Å². The van der Waals surface area contributed by atoms with E-state index in [1.807, 2.05) is 5.48 Å². The fourth-order valence-corrected chi connectivity index (χ4v) is 1.44. The minimum Gasteiger partial charge on any atom is -0.368 e. The van der Waals surface area contributed by atoms with Gasteiger partial charge in [-0.15, -0.1) is 0 Å².